The maximum absolute atomic E-state index is 12.6. The van der Waals surface area contributed by atoms with Gasteiger partial charge in [0.05, 0.1) is 4.90 Å². The number of anilines is 1. The Morgan fingerprint density at radius 3 is 2.38 bits per heavy atom. The number of sulfone groups is 1. The van der Waals surface area contributed by atoms with Gasteiger partial charge in [0, 0.05) is 50.6 Å². The third-order valence-corrected chi connectivity index (χ3v) is 8.06. The van der Waals surface area contributed by atoms with Crippen LogP contribution in [0.3, 0.4) is 0 Å². The van der Waals surface area contributed by atoms with Gasteiger partial charge in [-0.3, -0.25) is 4.79 Å². The highest BCUT2D eigenvalue weighted by molar-refractivity contribution is 7.90. The number of urea groups is 1. The highest BCUT2D eigenvalue weighted by Crippen LogP contribution is 2.15. The molecular formula is C28H40N4O4S. The molecule has 0 radical (unpaired) electrons. The van der Waals surface area contributed by atoms with Gasteiger partial charge < -0.3 is 20.0 Å². The van der Waals surface area contributed by atoms with Crippen LogP contribution in [-0.2, 0) is 21.1 Å². The summed E-state index contributed by atoms with van der Waals surface area (Å²) in [6.07, 6.45) is 4.31. The number of amides is 3. The monoisotopic (exact) mass is 528 g/mol. The van der Waals surface area contributed by atoms with E-state index >= 15 is 0 Å². The van der Waals surface area contributed by atoms with E-state index in [0.29, 0.717) is 43.5 Å². The van der Waals surface area contributed by atoms with E-state index in [-0.39, 0.29) is 11.9 Å². The van der Waals surface area contributed by atoms with Crippen molar-refractivity contribution in [2.45, 2.75) is 50.5 Å². The Bertz CT molecular complexity index is 1120. The van der Waals surface area contributed by atoms with Crippen LogP contribution in [0.2, 0.25) is 0 Å². The second-order valence-electron chi connectivity index (χ2n) is 9.72. The van der Waals surface area contributed by atoms with E-state index < -0.39 is 9.84 Å². The first-order valence-corrected chi connectivity index (χ1v) is 15.0. The molecule has 1 N–H and O–H groups in total. The predicted octanol–water partition coefficient (Wildman–Crippen LogP) is 3.89. The van der Waals surface area contributed by atoms with Crippen LogP contribution < -0.4 is 5.32 Å². The minimum Gasteiger partial charge on any atom is -0.341 e. The Kier molecular flexibility index (Phi) is 10.5. The SMILES string of the molecule is CCN(CCCCN1CCN(C(=O)Nc2ccccc2)CCC1=O)C(C)Cc1ccc(S(C)(=O)=O)cc1. The van der Waals surface area contributed by atoms with Gasteiger partial charge >= 0.3 is 6.03 Å². The average molecular weight is 529 g/mol. The number of rotatable bonds is 11. The molecule has 0 aromatic heterocycles. The van der Waals surface area contributed by atoms with Crippen molar-refractivity contribution in [1.29, 1.82) is 0 Å². The molecule has 1 aliphatic rings. The van der Waals surface area contributed by atoms with Crippen molar-refractivity contribution in [3.8, 4) is 0 Å². The fourth-order valence-corrected chi connectivity index (χ4v) is 5.31. The second-order valence-corrected chi connectivity index (χ2v) is 11.7. The average Bonchev–Trinajstić information content (AvgIpc) is 3.05. The van der Waals surface area contributed by atoms with Gasteiger partial charge in [-0.05, 0) is 69.1 Å². The van der Waals surface area contributed by atoms with Gasteiger partial charge in [-0.1, -0.05) is 37.3 Å². The number of carbonyl (C=O) groups excluding carboxylic acids is 2. The third kappa shape index (κ3) is 8.86. The molecule has 9 heteroatoms. The maximum atomic E-state index is 12.6. The lowest BCUT2D eigenvalue weighted by Gasteiger charge is -2.28. The summed E-state index contributed by atoms with van der Waals surface area (Å²) in [7, 11) is -3.18. The number of hydrogen-bond donors (Lipinski definition) is 1. The first-order chi connectivity index (χ1) is 17.7. The van der Waals surface area contributed by atoms with Gasteiger partial charge in [0.25, 0.3) is 0 Å². The smallest absolute Gasteiger partial charge is 0.321 e. The summed E-state index contributed by atoms with van der Waals surface area (Å²) in [6, 6.07) is 16.7. The molecule has 37 heavy (non-hydrogen) atoms. The summed E-state index contributed by atoms with van der Waals surface area (Å²) < 4.78 is 23.4. The quantitative estimate of drug-likeness (QED) is 0.447. The summed E-state index contributed by atoms with van der Waals surface area (Å²) in [5.41, 5.74) is 1.87. The van der Waals surface area contributed by atoms with Gasteiger partial charge in [-0.25, -0.2) is 13.2 Å². The molecule has 0 saturated carbocycles. The summed E-state index contributed by atoms with van der Waals surface area (Å²) in [4.78, 5) is 31.6. The van der Waals surface area contributed by atoms with Gasteiger partial charge in [0.1, 0.15) is 0 Å². The number of carbonyl (C=O) groups is 2. The summed E-state index contributed by atoms with van der Waals surface area (Å²) in [5.74, 6) is 0.105. The van der Waals surface area contributed by atoms with Gasteiger partial charge in [-0.2, -0.15) is 0 Å². The van der Waals surface area contributed by atoms with Crippen molar-refractivity contribution in [1.82, 2.24) is 14.7 Å². The number of hydrogen-bond acceptors (Lipinski definition) is 5. The fourth-order valence-electron chi connectivity index (χ4n) is 4.68. The zero-order valence-corrected chi connectivity index (χ0v) is 23.0. The standard InChI is InChI=1S/C28H40N4O4S/c1-4-30(23(2)22-24-12-14-26(15-13-24)37(3,35)36)17-8-9-18-31-20-21-32(19-16-27(31)33)28(34)29-25-10-6-5-7-11-25/h5-7,10-15,23H,4,8-9,16-22H2,1-3H3,(H,29,34). The van der Waals surface area contributed by atoms with Gasteiger partial charge in [0.15, 0.2) is 9.84 Å². The molecule has 0 aliphatic carbocycles. The lowest BCUT2D eigenvalue weighted by molar-refractivity contribution is -0.130. The van der Waals surface area contributed by atoms with Crippen LogP contribution in [0.15, 0.2) is 59.5 Å². The first-order valence-electron chi connectivity index (χ1n) is 13.1. The van der Waals surface area contributed by atoms with E-state index in [2.05, 4.69) is 24.1 Å². The highest BCUT2D eigenvalue weighted by Gasteiger charge is 2.23. The number of para-hydroxylation sites is 1. The summed E-state index contributed by atoms with van der Waals surface area (Å²) in [6.45, 7) is 8.42. The van der Waals surface area contributed by atoms with Crippen molar-refractivity contribution in [2.75, 3.05) is 50.8 Å². The van der Waals surface area contributed by atoms with E-state index in [9.17, 15) is 18.0 Å². The topological polar surface area (TPSA) is 90.0 Å². The van der Waals surface area contributed by atoms with E-state index in [1.54, 1.807) is 17.0 Å². The van der Waals surface area contributed by atoms with Crippen LogP contribution in [-0.4, -0.2) is 86.6 Å². The molecule has 1 fully saturated rings. The van der Waals surface area contributed by atoms with Gasteiger partial charge in [0.2, 0.25) is 5.91 Å². The van der Waals surface area contributed by atoms with Crippen LogP contribution in [0.4, 0.5) is 10.5 Å². The fraction of sp³-hybridized carbons (Fsp3) is 0.500. The number of nitrogens with zero attached hydrogens (tertiary/aromatic N) is 3. The highest BCUT2D eigenvalue weighted by atomic mass is 32.2. The molecule has 1 atom stereocenters. The van der Waals surface area contributed by atoms with E-state index in [1.165, 1.54) is 6.26 Å². The summed E-state index contributed by atoms with van der Waals surface area (Å²) in [5, 5.41) is 2.90. The van der Waals surface area contributed by atoms with E-state index in [4.69, 9.17) is 0 Å². The van der Waals surface area contributed by atoms with Crippen molar-refractivity contribution < 1.29 is 18.0 Å². The molecule has 2 aromatic rings. The number of benzene rings is 2. The molecule has 1 unspecified atom stereocenters. The molecule has 0 spiro atoms. The maximum Gasteiger partial charge on any atom is 0.321 e. The second kappa shape index (κ2) is 13.6. The van der Waals surface area contributed by atoms with Crippen LogP contribution >= 0.6 is 0 Å². The van der Waals surface area contributed by atoms with Gasteiger partial charge in [-0.15, -0.1) is 0 Å². The van der Waals surface area contributed by atoms with Crippen LogP contribution in [0.5, 0.6) is 0 Å². The van der Waals surface area contributed by atoms with Crippen molar-refractivity contribution >= 4 is 27.5 Å². The zero-order valence-electron chi connectivity index (χ0n) is 22.2. The van der Waals surface area contributed by atoms with Crippen molar-refractivity contribution in [3.05, 3.63) is 60.2 Å². The molecule has 1 heterocycles. The molecule has 2 aromatic carbocycles. The van der Waals surface area contributed by atoms with Crippen molar-refractivity contribution in [2.24, 2.45) is 0 Å². The molecule has 1 saturated heterocycles. The zero-order chi connectivity index (χ0) is 26.8. The van der Waals surface area contributed by atoms with Crippen LogP contribution in [0, 0.1) is 0 Å². The Morgan fingerprint density at radius 1 is 1.03 bits per heavy atom. The van der Waals surface area contributed by atoms with Crippen LogP contribution in [0.25, 0.3) is 0 Å². The van der Waals surface area contributed by atoms with E-state index in [0.717, 1.165) is 43.6 Å². The van der Waals surface area contributed by atoms with Crippen LogP contribution in [0.1, 0.15) is 38.7 Å². The molecule has 3 amide bonds. The third-order valence-electron chi connectivity index (χ3n) is 6.94. The van der Waals surface area contributed by atoms with E-state index in [1.807, 2.05) is 47.4 Å². The Morgan fingerprint density at radius 2 is 1.73 bits per heavy atom. The lowest BCUT2D eigenvalue weighted by Crippen LogP contribution is -2.38. The predicted molar refractivity (Wildman–Crippen MR) is 147 cm³/mol. The molecular weight excluding hydrogens is 488 g/mol. The molecule has 3 rings (SSSR count). The lowest BCUT2D eigenvalue weighted by atomic mass is 10.1. The Balaban J connectivity index is 1.41. The largest absolute Gasteiger partial charge is 0.341 e. The molecule has 1 aliphatic heterocycles. The Labute approximate surface area is 221 Å². The summed E-state index contributed by atoms with van der Waals surface area (Å²) >= 11 is 0. The molecule has 8 nitrogen and oxygen atoms in total. The number of nitrogens with one attached hydrogen (secondary N) is 1. The number of unbranched alkanes of at least 4 members (excludes halogenated alkanes) is 1. The Hall–Kier alpha value is -2.91. The molecule has 202 valence electrons. The van der Waals surface area contributed by atoms with Crippen molar-refractivity contribution in [3.63, 3.8) is 0 Å². The first kappa shape index (κ1) is 28.7. The minimum atomic E-state index is -3.18. The molecule has 0 bridgehead atoms. The normalized spacial score (nSPS) is 15.5. The minimum absolute atomic E-state index is 0.105. The number of likely N-dealkylation sites (N-methyl/N-ethyl adjacent to an activating group) is 1.